The van der Waals surface area contributed by atoms with Gasteiger partial charge in [0.25, 0.3) is 5.91 Å². The first kappa shape index (κ1) is 21.0. The number of ether oxygens (including phenoxy) is 2. The van der Waals surface area contributed by atoms with E-state index in [-0.39, 0.29) is 30.3 Å². The van der Waals surface area contributed by atoms with Gasteiger partial charge in [-0.05, 0) is 45.0 Å². The van der Waals surface area contributed by atoms with Crippen molar-refractivity contribution < 1.29 is 14.3 Å². The van der Waals surface area contributed by atoms with Gasteiger partial charge in [-0.15, -0.1) is 12.4 Å². The molecule has 5 nitrogen and oxygen atoms in total. The SMILES string of the molecule is COCC1(CNC(=O)COc2cccc(Cl)c2C)CCNCC1.Cl. The maximum absolute atomic E-state index is 12.1. The van der Waals surface area contributed by atoms with Gasteiger partial charge in [-0.3, -0.25) is 4.79 Å². The number of halogens is 2. The molecule has 2 rings (SSSR count). The predicted octanol–water partition coefficient (Wildman–Crippen LogP) is 2.58. The number of methoxy groups -OCH3 is 1. The van der Waals surface area contributed by atoms with Gasteiger partial charge >= 0.3 is 0 Å². The summed E-state index contributed by atoms with van der Waals surface area (Å²) in [7, 11) is 1.70. The number of amides is 1. The highest BCUT2D eigenvalue weighted by atomic mass is 35.5. The zero-order chi connectivity index (χ0) is 16.7. The molecule has 1 fully saturated rings. The number of hydrogen-bond donors (Lipinski definition) is 2. The molecule has 1 aromatic rings. The lowest BCUT2D eigenvalue weighted by Gasteiger charge is -2.37. The van der Waals surface area contributed by atoms with E-state index in [1.54, 1.807) is 13.2 Å². The molecule has 1 aliphatic rings. The van der Waals surface area contributed by atoms with Crippen LogP contribution in [0.2, 0.25) is 5.02 Å². The first-order valence-corrected chi connectivity index (χ1v) is 8.28. The molecule has 1 heterocycles. The molecular weight excluding hydrogens is 351 g/mol. The highest BCUT2D eigenvalue weighted by Crippen LogP contribution is 2.28. The van der Waals surface area contributed by atoms with E-state index in [1.807, 2.05) is 19.1 Å². The van der Waals surface area contributed by atoms with Crippen LogP contribution in [0.1, 0.15) is 18.4 Å². The van der Waals surface area contributed by atoms with E-state index < -0.39 is 0 Å². The first-order chi connectivity index (χ1) is 11.1. The van der Waals surface area contributed by atoms with Crippen LogP contribution in [0.4, 0.5) is 0 Å². The summed E-state index contributed by atoms with van der Waals surface area (Å²) in [6, 6.07) is 5.42. The average molecular weight is 377 g/mol. The standard InChI is InChI=1S/C17H25ClN2O3.ClH/c1-13-14(18)4-3-5-15(13)23-10-16(21)20-11-17(12-22-2)6-8-19-9-7-17;/h3-5,19H,6-12H2,1-2H3,(H,20,21);1H. The molecule has 136 valence electrons. The van der Waals surface area contributed by atoms with Crippen LogP contribution < -0.4 is 15.4 Å². The van der Waals surface area contributed by atoms with Gasteiger partial charge in [-0.25, -0.2) is 0 Å². The van der Waals surface area contributed by atoms with Crippen molar-refractivity contribution in [3.8, 4) is 5.75 Å². The van der Waals surface area contributed by atoms with Crippen molar-refractivity contribution in [1.82, 2.24) is 10.6 Å². The van der Waals surface area contributed by atoms with Crippen LogP contribution in [-0.4, -0.2) is 45.9 Å². The number of rotatable bonds is 7. The van der Waals surface area contributed by atoms with Crippen molar-refractivity contribution in [2.24, 2.45) is 5.41 Å². The number of piperidine rings is 1. The van der Waals surface area contributed by atoms with E-state index in [0.29, 0.717) is 23.9 Å². The van der Waals surface area contributed by atoms with Crippen molar-refractivity contribution in [3.05, 3.63) is 28.8 Å². The van der Waals surface area contributed by atoms with Crippen LogP contribution in [0.3, 0.4) is 0 Å². The molecule has 0 bridgehead atoms. The van der Waals surface area contributed by atoms with Gasteiger partial charge in [0, 0.05) is 29.7 Å². The minimum absolute atomic E-state index is 0. The number of hydrogen-bond acceptors (Lipinski definition) is 4. The summed E-state index contributed by atoms with van der Waals surface area (Å²) in [6.45, 7) is 5.04. The molecule has 1 saturated heterocycles. The first-order valence-electron chi connectivity index (χ1n) is 7.91. The van der Waals surface area contributed by atoms with Crippen LogP contribution in [-0.2, 0) is 9.53 Å². The molecule has 0 radical (unpaired) electrons. The summed E-state index contributed by atoms with van der Waals surface area (Å²) in [6.07, 6.45) is 1.99. The summed E-state index contributed by atoms with van der Waals surface area (Å²) in [5, 5.41) is 6.95. The smallest absolute Gasteiger partial charge is 0.257 e. The Hall–Kier alpha value is -1.01. The second-order valence-electron chi connectivity index (χ2n) is 6.11. The zero-order valence-electron chi connectivity index (χ0n) is 14.2. The van der Waals surface area contributed by atoms with Gasteiger partial charge < -0.3 is 20.1 Å². The average Bonchev–Trinajstić information content (AvgIpc) is 2.55. The van der Waals surface area contributed by atoms with Crippen LogP contribution >= 0.6 is 24.0 Å². The quantitative estimate of drug-likeness (QED) is 0.767. The summed E-state index contributed by atoms with van der Waals surface area (Å²) < 4.78 is 10.9. The van der Waals surface area contributed by atoms with Crippen LogP contribution in [0.15, 0.2) is 18.2 Å². The Morgan fingerprint density at radius 1 is 1.38 bits per heavy atom. The fourth-order valence-corrected chi connectivity index (χ4v) is 3.03. The fourth-order valence-electron chi connectivity index (χ4n) is 2.86. The topological polar surface area (TPSA) is 59.6 Å². The third-order valence-electron chi connectivity index (χ3n) is 4.35. The molecule has 1 aromatic carbocycles. The van der Waals surface area contributed by atoms with Gasteiger partial charge in [-0.2, -0.15) is 0 Å². The Kier molecular flexibility index (Phi) is 8.84. The number of nitrogens with one attached hydrogen (secondary N) is 2. The van der Waals surface area contributed by atoms with Gasteiger partial charge in [0.2, 0.25) is 0 Å². The number of carbonyl (C=O) groups is 1. The van der Waals surface area contributed by atoms with E-state index in [0.717, 1.165) is 31.5 Å². The minimum atomic E-state index is -0.126. The van der Waals surface area contributed by atoms with Crippen LogP contribution in [0.5, 0.6) is 5.75 Å². The van der Waals surface area contributed by atoms with E-state index in [1.165, 1.54) is 0 Å². The van der Waals surface area contributed by atoms with E-state index >= 15 is 0 Å². The highest BCUT2D eigenvalue weighted by Gasteiger charge is 2.32. The maximum Gasteiger partial charge on any atom is 0.257 e. The molecule has 1 amide bonds. The van der Waals surface area contributed by atoms with Gasteiger partial charge in [0.1, 0.15) is 5.75 Å². The van der Waals surface area contributed by atoms with Crippen molar-refractivity contribution >= 4 is 29.9 Å². The van der Waals surface area contributed by atoms with Crippen LogP contribution in [0.25, 0.3) is 0 Å². The monoisotopic (exact) mass is 376 g/mol. The fraction of sp³-hybridized carbons (Fsp3) is 0.588. The summed E-state index contributed by atoms with van der Waals surface area (Å²) in [4.78, 5) is 12.1. The number of carbonyl (C=O) groups excluding carboxylic acids is 1. The Bertz CT molecular complexity index is 529. The molecule has 24 heavy (non-hydrogen) atoms. The lowest BCUT2D eigenvalue weighted by atomic mass is 9.79. The van der Waals surface area contributed by atoms with Gasteiger partial charge in [0.15, 0.2) is 6.61 Å². The lowest BCUT2D eigenvalue weighted by molar-refractivity contribution is -0.124. The van der Waals surface area contributed by atoms with Crippen LogP contribution in [0, 0.1) is 12.3 Å². The van der Waals surface area contributed by atoms with Crippen molar-refractivity contribution in [1.29, 1.82) is 0 Å². The highest BCUT2D eigenvalue weighted by molar-refractivity contribution is 6.31. The Labute approximate surface area is 154 Å². The van der Waals surface area contributed by atoms with Gasteiger partial charge in [0.05, 0.1) is 6.61 Å². The molecule has 0 saturated carbocycles. The zero-order valence-corrected chi connectivity index (χ0v) is 15.8. The number of benzene rings is 1. The Morgan fingerprint density at radius 2 is 2.08 bits per heavy atom. The van der Waals surface area contributed by atoms with Gasteiger partial charge in [-0.1, -0.05) is 17.7 Å². The molecule has 0 spiro atoms. The van der Waals surface area contributed by atoms with Crippen molar-refractivity contribution in [2.75, 3.05) is 40.0 Å². The molecule has 0 aromatic heterocycles. The summed E-state index contributed by atoms with van der Waals surface area (Å²) in [5.74, 6) is 0.513. The normalized spacial score (nSPS) is 16.1. The molecule has 7 heteroatoms. The molecule has 0 atom stereocenters. The minimum Gasteiger partial charge on any atom is -0.483 e. The molecular formula is C17H26Cl2N2O3. The maximum atomic E-state index is 12.1. The third kappa shape index (κ3) is 5.81. The lowest BCUT2D eigenvalue weighted by Crippen LogP contribution is -2.47. The molecule has 0 unspecified atom stereocenters. The van der Waals surface area contributed by atoms with E-state index in [9.17, 15) is 4.79 Å². The van der Waals surface area contributed by atoms with Crippen molar-refractivity contribution in [2.45, 2.75) is 19.8 Å². The molecule has 2 N–H and O–H groups in total. The van der Waals surface area contributed by atoms with E-state index in [4.69, 9.17) is 21.1 Å². The van der Waals surface area contributed by atoms with Crippen molar-refractivity contribution in [3.63, 3.8) is 0 Å². The second kappa shape index (κ2) is 10.1. The third-order valence-corrected chi connectivity index (χ3v) is 4.76. The molecule has 0 aliphatic carbocycles. The second-order valence-corrected chi connectivity index (χ2v) is 6.52. The summed E-state index contributed by atoms with van der Waals surface area (Å²) in [5.41, 5.74) is 0.859. The largest absolute Gasteiger partial charge is 0.483 e. The predicted molar refractivity (Wildman–Crippen MR) is 98.4 cm³/mol. The molecule has 1 aliphatic heterocycles. The Morgan fingerprint density at radius 3 is 2.75 bits per heavy atom. The summed E-state index contributed by atoms with van der Waals surface area (Å²) >= 11 is 6.04. The van der Waals surface area contributed by atoms with E-state index in [2.05, 4.69) is 10.6 Å². The Balaban J connectivity index is 0.00000288.